The van der Waals surface area contributed by atoms with Gasteiger partial charge in [-0.05, 0) is 42.0 Å². The number of nitrogens with zero attached hydrogens (tertiary/aromatic N) is 2. The van der Waals surface area contributed by atoms with Gasteiger partial charge in [0.1, 0.15) is 5.82 Å². The lowest BCUT2D eigenvalue weighted by molar-refractivity contribution is 0.487. The number of aliphatic imine (C=N–C) groups is 1. The zero-order chi connectivity index (χ0) is 15.8. The number of nitrogens with one attached hydrogen (secondary N) is 1. The summed E-state index contributed by atoms with van der Waals surface area (Å²) in [5, 5.41) is 5.45. The van der Waals surface area contributed by atoms with Crippen molar-refractivity contribution < 1.29 is 4.39 Å². The van der Waals surface area contributed by atoms with Crippen molar-refractivity contribution in [2.45, 2.75) is 12.8 Å². The maximum Gasteiger partial charge on any atom is 0.193 e. The van der Waals surface area contributed by atoms with Crippen LogP contribution in [-0.4, -0.2) is 38.0 Å². The first kappa shape index (κ1) is 19.9. The predicted octanol–water partition coefficient (Wildman–Crippen LogP) is 3.80. The van der Waals surface area contributed by atoms with Gasteiger partial charge in [0, 0.05) is 32.1 Å². The van der Waals surface area contributed by atoms with Crippen molar-refractivity contribution in [1.29, 1.82) is 0 Å². The molecular weight excluding hydrogens is 424 g/mol. The van der Waals surface area contributed by atoms with Crippen LogP contribution in [0.25, 0.3) is 0 Å². The van der Waals surface area contributed by atoms with E-state index < -0.39 is 0 Å². The Bertz CT molecular complexity index is 584. The summed E-state index contributed by atoms with van der Waals surface area (Å²) in [5.41, 5.74) is 1.12. The minimum absolute atomic E-state index is 0. The molecule has 23 heavy (non-hydrogen) atoms. The van der Waals surface area contributed by atoms with Crippen LogP contribution in [0.15, 0.2) is 46.8 Å². The lowest BCUT2D eigenvalue weighted by Gasteiger charge is -2.21. The third kappa shape index (κ3) is 6.87. The van der Waals surface area contributed by atoms with Crippen molar-refractivity contribution in [3.05, 3.63) is 58.0 Å². The van der Waals surface area contributed by atoms with Crippen molar-refractivity contribution in [1.82, 2.24) is 10.2 Å². The molecule has 0 saturated carbocycles. The highest BCUT2D eigenvalue weighted by Crippen LogP contribution is 2.09. The van der Waals surface area contributed by atoms with E-state index in [9.17, 15) is 4.39 Å². The molecule has 1 aromatic heterocycles. The van der Waals surface area contributed by atoms with Gasteiger partial charge in [0.15, 0.2) is 5.96 Å². The third-order valence-electron chi connectivity index (χ3n) is 3.46. The number of halogens is 2. The molecule has 2 rings (SSSR count). The van der Waals surface area contributed by atoms with Crippen molar-refractivity contribution in [2.75, 3.05) is 27.2 Å². The van der Waals surface area contributed by atoms with Gasteiger partial charge in [0.2, 0.25) is 0 Å². The fourth-order valence-electron chi connectivity index (χ4n) is 2.19. The summed E-state index contributed by atoms with van der Waals surface area (Å²) in [6.07, 6.45) is 1.87. The molecule has 3 nitrogen and oxygen atoms in total. The number of rotatable bonds is 6. The van der Waals surface area contributed by atoms with E-state index >= 15 is 0 Å². The summed E-state index contributed by atoms with van der Waals surface area (Å²) >= 11 is 1.78. The Kier molecular flexibility index (Phi) is 9.16. The fraction of sp³-hybridized carbons (Fsp3) is 0.353. The molecule has 0 unspecified atom stereocenters. The molecule has 0 fully saturated rings. The summed E-state index contributed by atoms with van der Waals surface area (Å²) < 4.78 is 12.9. The van der Waals surface area contributed by atoms with Crippen LogP contribution in [0.2, 0.25) is 0 Å². The predicted molar refractivity (Wildman–Crippen MR) is 108 cm³/mol. The normalized spacial score (nSPS) is 11.0. The quantitative estimate of drug-likeness (QED) is 0.415. The van der Waals surface area contributed by atoms with Crippen LogP contribution < -0.4 is 5.32 Å². The molecule has 0 amide bonds. The average Bonchev–Trinajstić information content (AvgIpc) is 3.04. The molecule has 0 aliphatic carbocycles. The summed E-state index contributed by atoms with van der Waals surface area (Å²) in [5.74, 6) is 0.694. The van der Waals surface area contributed by atoms with Gasteiger partial charge in [-0.1, -0.05) is 18.2 Å². The Labute approximate surface area is 158 Å². The highest BCUT2D eigenvalue weighted by Gasteiger charge is 2.06. The van der Waals surface area contributed by atoms with Gasteiger partial charge in [-0.15, -0.1) is 35.3 Å². The number of thiophene rings is 1. The number of benzene rings is 1. The summed E-state index contributed by atoms with van der Waals surface area (Å²) in [7, 11) is 3.84. The van der Waals surface area contributed by atoms with E-state index in [1.54, 1.807) is 18.4 Å². The van der Waals surface area contributed by atoms with Gasteiger partial charge < -0.3 is 10.2 Å². The Balaban J connectivity index is 0.00000264. The molecule has 0 spiro atoms. The summed E-state index contributed by atoms with van der Waals surface area (Å²) in [4.78, 5) is 7.82. The molecule has 6 heteroatoms. The second kappa shape index (κ2) is 10.6. The summed E-state index contributed by atoms with van der Waals surface area (Å²) in [6.45, 7) is 1.71. The molecule has 0 aliphatic rings. The van der Waals surface area contributed by atoms with Gasteiger partial charge in [-0.3, -0.25) is 4.99 Å². The van der Waals surface area contributed by atoms with Gasteiger partial charge in [-0.2, -0.15) is 0 Å². The monoisotopic (exact) mass is 447 g/mol. The lowest BCUT2D eigenvalue weighted by Crippen LogP contribution is -2.40. The van der Waals surface area contributed by atoms with Crippen molar-refractivity contribution in [2.24, 2.45) is 4.99 Å². The zero-order valence-corrected chi connectivity index (χ0v) is 16.6. The largest absolute Gasteiger partial charge is 0.356 e. The molecular formula is C17H23FIN3S. The minimum Gasteiger partial charge on any atom is -0.356 e. The molecule has 0 saturated heterocycles. The maximum absolute atomic E-state index is 12.9. The first-order valence-electron chi connectivity index (χ1n) is 7.37. The van der Waals surface area contributed by atoms with E-state index in [4.69, 9.17) is 0 Å². The molecule has 0 atom stereocenters. The van der Waals surface area contributed by atoms with Crippen LogP contribution in [0.4, 0.5) is 4.39 Å². The van der Waals surface area contributed by atoms with Gasteiger partial charge in [-0.25, -0.2) is 4.39 Å². The number of hydrogen-bond donors (Lipinski definition) is 1. The van der Waals surface area contributed by atoms with E-state index in [1.165, 1.54) is 17.0 Å². The SMILES string of the molecule is CN=C(NCCc1ccc(F)cc1)N(C)CCc1cccs1.I. The van der Waals surface area contributed by atoms with E-state index in [0.717, 1.165) is 37.5 Å². The molecule has 2 aromatic rings. The standard InChI is InChI=1S/C17H22FN3S.HI/c1-19-17(21(2)12-10-16-4-3-13-22-16)20-11-9-14-5-7-15(18)8-6-14;/h3-8,13H,9-12H2,1-2H3,(H,19,20);1H. The average molecular weight is 447 g/mol. The smallest absolute Gasteiger partial charge is 0.193 e. The fourth-order valence-corrected chi connectivity index (χ4v) is 2.89. The first-order chi connectivity index (χ1) is 10.7. The van der Waals surface area contributed by atoms with Crippen molar-refractivity contribution in [3.8, 4) is 0 Å². The van der Waals surface area contributed by atoms with Crippen LogP contribution in [-0.2, 0) is 12.8 Å². The molecule has 0 aliphatic heterocycles. The van der Waals surface area contributed by atoms with E-state index in [0.29, 0.717) is 0 Å². The van der Waals surface area contributed by atoms with Crippen molar-refractivity contribution >= 4 is 41.3 Å². The van der Waals surface area contributed by atoms with Crippen LogP contribution >= 0.6 is 35.3 Å². The molecule has 1 heterocycles. The van der Waals surface area contributed by atoms with E-state index in [1.807, 2.05) is 19.2 Å². The van der Waals surface area contributed by atoms with Crippen LogP contribution in [0.1, 0.15) is 10.4 Å². The lowest BCUT2D eigenvalue weighted by atomic mass is 10.1. The summed E-state index contributed by atoms with van der Waals surface area (Å²) in [6, 6.07) is 10.9. The van der Waals surface area contributed by atoms with Crippen LogP contribution in [0.5, 0.6) is 0 Å². The van der Waals surface area contributed by atoms with E-state index in [2.05, 4.69) is 32.7 Å². The number of hydrogen-bond acceptors (Lipinski definition) is 2. The molecule has 1 aromatic carbocycles. The Morgan fingerprint density at radius 1 is 1.22 bits per heavy atom. The van der Waals surface area contributed by atoms with Gasteiger partial charge in [0.05, 0.1) is 0 Å². The number of likely N-dealkylation sites (N-methyl/N-ethyl adjacent to an activating group) is 1. The zero-order valence-electron chi connectivity index (χ0n) is 13.5. The molecule has 126 valence electrons. The van der Waals surface area contributed by atoms with Crippen molar-refractivity contribution in [3.63, 3.8) is 0 Å². The highest BCUT2D eigenvalue weighted by atomic mass is 127. The van der Waals surface area contributed by atoms with Gasteiger partial charge in [0.25, 0.3) is 0 Å². The molecule has 0 bridgehead atoms. The van der Waals surface area contributed by atoms with Gasteiger partial charge >= 0.3 is 0 Å². The Morgan fingerprint density at radius 3 is 2.57 bits per heavy atom. The maximum atomic E-state index is 12.9. The first-order valence-corrected chi connectivity index (χ1v) is 8.25. The Hall–Kier alpha value is -1.15. The minimum atomic E-state index is -0.194. The molecule has 0 radical (unpaired) electrons. The second-order valence-corrected chi connectivity index (χ2v) is 6.13. The Morgan fingerprint density at radius 2 is 1.96 bits per heavy atom. The number of guanidine groups is 1. The third-order valence-corrected chi connectivity index (χ3v) is 4.39. The highest BCUT2D eigenvalue weighted by molar-refractivity contribution is 14.0. The second-order valence-electron chi connectivity index (χ2n) is 5.10. The van der Waals surface area contributed by atoms with E-state index in [-0.39, 0.29) is 29.8 Å². The van der Waals surface area contributed by atoms with Crippen LogP contribution in [0.3, 0.4) is 0 Å². The topological polar surface area (TPSA) is 27.6 Å². The van der Waals surface area contributed by atoms with Crippen LogP contribution in [0, 0.1) is 5.82 Å². The molecule has 1 N–H and O–H groups in total.